The lowest BCUT2D eigenvalue weighted by Gasteiger charge is -2.04. The van der Waals surface area contributed by atoms with E-state index in [1.807, 2.05) is 5.38 Å². The minimum atomic E-state index is -0.0203. The van der Waals surface area contributed by atoms with Gasteiger partial charge in [0.1, 0.15) is 10.8 Å². The first-order valence-corrected chi connectivity index (χ1v) is 7.05. The van der Waals surface area contributed by atoms with Crippen molar-refractivity contribution in [3.05, 3.63) is 26.3 Å². The maximum atomic E-state index is 11.0. The van der Waals surface area contributed by atoms with Crippen molar-refractivity contribution in [2.45, 2.75) is 25.3 Å². The van der Waals surface area contributed by atoms with Gasteiger partial charge in [0, 0.05) is 16.6 Å². The Morgan fingerprint density at radius 3 is 3.06 bits per heavy atom. The van der Waals surface area contributed by atoms with Crippen LogP contribution in [0, 0.1) is 0 Å². The Morgan fingerprint density at radius 2 is 2.41 bits per heavy atom. The Hall–Kier alpha value is -1.34. The maximum Gasteiger partial charge on any atom is 0.304 e. The number of nitrogens with zero attached hydrogens (tertiary/aromatic N) is 1. The van der Waals surface area contributed by atoms with Gasteiger partial charge in [-0.25, -0.2) is 0 Å². The largest absolute Gasteiger partial charge is 0.383 e. The second-order valence-corrected chi connectivity index (χ2v) is 5.73. The number of hydrogen-bond acceptors (Lipinski definition) is 6. The number of thiazole rings is 1. The van der Waals surface area contributed by atoms with E-state index in [-0.39, 0.29) is 4.87 Å². The van der Waals surface area contributed by atoms with Crippen molar-refractivity contribution >= 4 is 33.7 Å². The number of H-pyrrole nitrogens is 1. The Morgan fingerprint density at radius 1 is 1.59 bits per heavy atom. The number of anilines is 2. The molecule has 1 fully saturated rings. The molecule has 2 aromatic heterocycles. The van der Waals surface area contributed by atoms with E-state index in [1.165, 1.54) is 35.7 Å². The van der Waals surface area contributed by atoms with Crippen LogP contribution in [0.2, 0.25) is 0 Å². The monoisotopic (exact) mass is 268 g/mol. The highest BCUT2D eigenvalue weighted by Gasteiger charge is 2.30. The summed E-state index contributed by atoms with van der Waals surface area (Å²) in [6.45, 7) is 0.611. The van der Waals surface area contributed by atoms with Crippen LogP contribution >= 0.6 is 22.9 Å². The SMILES string of the molecule is Nc1nsc(NCc2csc(=O)[nH]2)c1C1CC1. The molecule has 7 heteroatoms. The van der Waals surface area contributed by atoms with Gasteiger partial charge in [-0.05, 0) is 30.3 Å². The minimum Gasteiger partial charge on any atom is -0.383 e. The molecule has 3 rings (SSSR count). The van der Waals surface area contributed by atoms with Crippen LogP contribution in [-0.2, 0) is 6.54 Å². The fraction of sp³-hybridized carbons (Fsp3) is 0.400. The highest BCUT2D eigenvalue weighted by atomic mass is 32.1. The molecule has 0 radical (unpaired) electrons. The zero-order valence-electron chi connectivity index (χ0n) is 9.03. The van der Waals surface area contributed by atoms with Crippen molar-refractivity contribution in [1.29, 1.82) is 0 Å². The van der Waals surface area contributed by atoms with Gasteiger partial charge in [-0.3, -0.25) is 4.79 Å². The maximum absolute atomic E-state index is 11.0. The minimum absolute atomic E-state index is 0.0203. The molecule has 1 aliphatic carbocycles. The summed E-state index contributed by atoms with van der Waals surface area (Å²) in [6.07, 6.45) is 2.40. The van der Waals surface area contributed by atoms with Crippen molar-refractivity contribution in [3.8, 4) is 0 Å². The third-order valence-electron chi connectivity index (χ3n) is 2.75. The Labute approximate surface area is 106 Å². The van der Waals surface area contributed by atoms with E-state index in [1.54, 1.807) is 0 Å². The van der Waals surface area contributed by atoms with Crippen molar-refractivity contribution in [2.75, 3.05) is 11.1 Å². The molecule has 0 spiro atoms. The standard InChI is InChI=1S/C10H12N4OS2/c11-8-7(5-1-2-5)9(17-14-8)12-3-6-4-16-10(15)13-6/h4-5,12H,1-3H2,(H2,11,14)(H,13,15). The zero-order valence-corrected chi connectivity index (χ0v) is 10.7. The number of aromatic amines is 1. The van der Waals surface area contributed by atoms with Crippen molar-refractivity contribution in [2.24, 2.45) is 0 Å². The lowest BCUT2D eigenvalue weighted by Crippen LogP contribution is -2.03. The summed E-state index contributed by atoms with van der Waals surface area (Å²) in [5, 5.41) is 6.17. The molecule has 17 heavy (non-hydrogen) atoms. The van der Waals surface area contributed by atoms with E-state index in [0.717, 1.165) is 16.3 Å². The van der Waals surface area contributed by atoms with Gasteiger partial charge in [-0.15, -0.1) is 0 Å². The number of rotatable bonds is 4. The Kier molecular flexibility index (Phi) is 2.64. The summed E-state index contributed by atoms with van der Waals surface area (Å²) in [5.74, 6) is 1.23. The number of hydrogen-bond donors (Lipinski definition) is 3. The smallest absolute Gasteiger partial charge is 0.304 e. The molecule has 4 N–H and O–H groups in total. The van der Waals surface area contributed by atoms with Crippen molar-refractivity contribution in [3.63, 3.8) is 0 Å². The highest BCUT2D eigenvalue weighted by Crippen LogP contribution is 2.47. The first kappa shape index (κ1) is 10.8. The van der Waals surface area contributed by atoms with Crippen LogP contribution < -0.4 is 15.9 Å². The van der Waals surface area contributed by atoms with Gasteiger partial charge in [-0.1, -0.05) is 11.3 Å². The lowest BCUT2D eigenvalue weighted by atomic mass is 10.2. The number of nitrogens with two attached hydrogens (primary N) is 1. The fourth-order valence-corrected chi connectivity index (χ4v) is 3.16. The van der Waals surface area contributed by atoms with Crippen LogP contribution in [0.15, 0.2) is 10.2 Å². The molecular weight excluding hydrogens is 256 g/mol. The second kappa shape index (κ2) is 4.15. The molecule has 2 aromatic rings. The molecule has 0 aliphatic heterocycles. The van der Waals surface area contributed by atoms with Crippen LogP contribution in [0.1, 0.15) is 30.0 Å². The van der Waals surface area contributed by atoms with E-state index in [4.69, 9.17) is 5.73 Å². The zero-order chi connectivity index (χ0) is 11.8. The summed E-state index contributed by atoms with van der Waals surface area (Å²) in [6, 6.07) is 0. The van der Waals surface area contributed by atoms with Gasteiger partial charge >= 0.3 is 4.87 Å². The Bertz CT molecular complexity index is 581. The number of nitrogens with one attached hydrogen (secondary N) is 2. The number of nitrogen functional groups attached to an aromatic ring is 1. The summed E-state index contributed by atoms with van der Waals surface area (Å²) in [4.78, 5) is 13.7. The molecule has 0 aromatic carbocycles. The molecule has 0 atom stereocenters. The van der Waals surface area contributed by atoms with Crippen LogP contribution in [0.25, 0.3) is 0 Å². The van der Waals surface area contributed by atoms with Crippen molar-refractivity contribution < 1.29 is 0 Å². The Balaban J connectivity index is 1.74. The molecule has 2 heterocycles. The van der Waals surface area contributed by atoms with Crippen LogP contribution in [0.4, 0.5) is 10.8 Å². The lowest BCUT2D eigenvalue weighted by molar-refractivity contribution is 1.05. The first-order chi connectivity index (χ1) is 8.24. The van der Waals surface area contributed by atoms with E-state index in [9.17, 15) is 4.79 Å². The molecule has 90 valence electrons. The second-order valence-electron chi connectivity index (χ2n) is 4.11. The molecule has 0 unspecified atom stereocenters. The normalized spacial score (nSPS) is 15.1. The van der Waals surface area contributed by atoms with Crippen molar-refractivity contribution in [1.82, 2.24) is 9.36 Å². The first-order valence-electron chi connectivity index (χ1n) is 5.39. The van der Waals surface area contributed by atoms with E-state index >= 15 is 0 Å². The van der Waals surface area contributed by atoms with Gasteiger partial charge in [0.15, 0.2) is 0 Å². The number of aromatic nitrogens is 2. The van der Waals surface area contributed by atoms with Gasteiger partial charge in [0.25, 0.3) is 0 Å². The van der Waals surface area contributed by atoms with Gasteiger partial charge < -0.3 is 16.0 Å². The van der Waals surface area contributed by atoms with Gasteiger partial charge in [-0.2, -0.15) is 4.37 Å². The predicted octanol–water partition coefficient (Wildman–Crippen LogP) is 1.96. The summed E-state index contributed by atoms with van der Waals surface area (Å²) < 4.78 is 4.18. The molecule has 0 amide bonds. The summed E-state index contributed by atoms with van der Waals surface area (Å²) >= 11 is 2.58. The van der Waals surface area contributed by atoms with Crippen LogP contribution in [0.3, 0.4) is 0 Å². The molecule has 1 saturated carbocycles. The molecular formula is C10H12N4OS2. The van der Waals surface area contributed by atoms with E-state index in [2.05, 4.69) is 14.7 Å². The van der Waals surface area contributed by atoms with Gasteiger partial charge in [0.2, 0.25) is 0 Å². The predicted molar refractivity (Wildman–Crippen MR) is 70.8 cm³/mol. The topological polar surface area (TPSA) is 83.8 Å². The third kappa shape index (κ3) is 2.20. The van der Waals surface area contributed by atoms with E-state index < -0.39 is 0 Å². The van der Waals surface area contributed by atoms with Gasteiger partial charge in [0.05, 0.1) is 6.54 Å². The van der Waals surface area contributed by atoms with Crippen LogP contribution in [0.5, 0.6) is 0 Å². The third-order valence-corrected chi connectivity index (χ3v) is 4.31. The molecule has 1 aliphatic rings. The molecule has 0 bridgehead atoms. The fourth-order valence-electron chi connectivity index (χ4n) is 1.78. The summed E-state index contributed by atoms with van der Waals surface area (Å²) in [7, 11) is 0. The average Bonchev–Trinajstić information content (AvgIpc) is 2.95. The molecule has 5 nitrogen and oxygen atoms in total. The quantitative estimate of drug-likeness (QED) is 0.791. The summed E-state index contributed by atoms with van der Waals surface area (Å²) in [5.41, 5.74) is 7.92. The van der Waals surface area contributed by atoms with E-state index in [0.29, 0.717) is 18.3 Å². The van der Waals surface area contributed by atoms with Crippen LogP contribution in [-0.4, -0.2) is 9.36 Å². The average molecular weight is 268 g/mol. The molecule has 0 saturated heterocycles. The highest BCUT2D eigenvalue weighted by molar-refractivity contribution is 7.10.